The molecule has 0 aliphatic carbocycles. The molecule has 1 rings (SSSR count). The Morgan fingerprint density at radius 2 is 1.42 bits per heavy atom. The van der Waals surface area contributed by atoms with Gasteiger partial charge in [0.05, 0.1) is 0 Å². The van der Waals surface area contributed by atoms with Crippen molar-refractivity contribution in [3.05, 3.63) is 0 Å². The maximum Gasteiger partial charge on any atom is -0.00160 e. The summed E-state index contributed by atoms with van der Waals surface area (Å²) in [6.07, 6.45) is 11.5. The van der Waals surface area contributed by atoms with Crippen molar-refractivity contribution in [3.8, 4) is 0 Å². The van der Waals surface area contributed by atoms with Gasteiger partial charge in [0, 0.05) is 0 Å². The Morgan fingerprint density at radius 3 is 2.00 bits per heavy atom. The zero-order valence-corrected chi connectivity index (χ0v) is 14.0. The fraction of sp³-hybridized carbons (Fsp3) is 1.00. The predicted octanol–water partition coefficient (Wildman–Crippen LogP) is 5.35. The van der Waals surface area contributed by atoms with Crippen LogP contribution in [0.1, 0.15) is 79.1 Å². The van der Waals surface area contributed by atoms with E-state index in [9.17, 15) is 0 Å². The van der Waals surface area contributed by atoms with Crippen LogP contribution in [-0.4, -0.2) is 24.5 Å². The van der Waals surface area contributed by atoms with E-state index in [0.29, 0.717) is 0 Å². The molecule has 1 aliphatic rings. The molecule has 0 aromatic heterocycles. The maximum absolute atomic E-state index is 2.70. The second-order valence-electron chi connectivity index (χ2n) is 7.37. The minimum absolute atomic E-state index is 0.891. The van der Waals surface area contributed by atoms with Crippen molar-refractivity contribution in [1.29, 1.82) is 0 Å². The van der Waals surface area contributed by atoms with Gasteiger partial charge in [0.15, 0.2) is 0 Å². The second kappa shape index (κ2) is 9.80. The molecule has 0 aromatic rings. The molecule has 0 atom stereocenters. The third-order valence-corrected chi connectivity index (χ3v) is 4.83. The first kappa shape index (κ1) is 17.0. The van der Waals surface area contributed by atoms with E-state index in [2.05, 4.69) is 32.6 Å². The van der Waals surface area contributed by atoms with Crippen molar-refractivity contribution in [3.63, 3.8) is 0 Å². The highest BCUT2D eigenvalue weighted by Gasteiger charge is 2.20. The summed E-state index contributed by atoms with van der Waals surface area (Å²) in [6.45, 7) is 13.5. The van der Waals surface area contributed by atoms with Crippen LogP contribution in [0, 0.1) is 17.8 Å². The van der Waals surface area contributed by atoms with E-state index >= 15 is 0 Å². The number of nitrogens with zero attached hydrogens (tertiary/aromatic N) is 1. The van der Waals surface area contributed by atoms with Crippen LogP contribution < -0.4 is 0 Å². The monoisotopic (exact) mass is 267 g/mol. The molecule has 19 heavy (non-hydrogen) atoms. The molecule has 1 heteroatoms. The van der Waals surface area contributed by atoms with Crippen LogP contribution >= 0.6 is 0 Å². The zero-order chi connectivity index (χ0) is 14.1. The van der Waals surface area contributed by atoms with E-state index < -0.39 is 0 Å². The molecule has 1 nitrogen and oxygen atoms in total. The van der Waals surface area contributed by atoms with Crippen molar-refractivity contribution in [2.75, 3.05) is 19.6 Å². The summed E-state index contributed by atoms with van der Waals surface area (Å²) in [5, 5.41) is 0. The summed E-state index contributed by atoms with van der Waals surface area (Å²) in [5.74, 6) is 2.78. The second-order valence-corrected chi connectivity index (χ2v) is 7.37. The highest BCUT2D eigenvalue weighted by Crippen LogP contribution is 2.24. The molecule has 1 aliphatic heterocycles. The van der Waals surface area contributed by atoms with E-state index in [1.165, 1.54) is 71.0 Å². The van der Waals surface area contributed by atoms with Gasteiger partial charge in [0.1, 0.15) is 0 Å². The van der Waals surface area contributed by atoms with Crippen molar-refractivity contribution in [1.82, 2.24) is 4.90 Å². The van der Waals surface area contributed by atoms with Gasteiger partial charge in [-0.25, -0.2) is 0 Å². The summed E-state index contributed by atoms with van der Waals surface area (Å²) < 4.78 is 0. The molecular weight excluding hydrogens is 230 g/mol. The van der Waals surface area contributed by atoms with Crippen molar-refractivity contribution in [2.24, 2.45) is 17.8 Å². The van der Waals surface area contributed by atoms with Crippen molar-refractivity contribution >= 4 is 0 Å². The molecule has 1 fully saturated rings. The predicted molar refractivity (Wildman–Crippen MR) is 86.5 cm³/mol. The van der Waals surface area contributed by atoms with Gasteiger partial charge in [-0.1, -0.05) is 59.8 Å². The number of piperidine rings is 1. The summed E-state index contributed by atoms with van der Waals surface area (Å²) in [5.41, 5.74) is 0. The van der Waals surface area contributed by atoms with Gasteiger partial charge in [-0.2, -0.15) is 0 Å². The van der Waals surface area contributed by atoms with Gasteiger partial charge < -0.3 is 4.90 Å². The lowest BCUT2D eigenvalue weighted by molar-refractivity contribution is 0.155. The highest BCUT2D eigenvalue weighted by atomic mass is 15.1. The topological polar surface area (TPSA) is 3.24 Å². The first-order valence-corrected chi connectivity index (χ1v) is 8.82. The Hall–Kier alpha value is -0.0400. The van der Waals surface area contributed by atoms with Crippen molar-refractivity contribution < 1.29 is 0 Å². The van der Waals surface area contributed by atoms with Crippen molar-refractivity contribution in [2.45, 2.75) is 79.1 Å². The summed E-state index contributed by atoms with van der Waals surface area (Å²) >= 11 is 0. The Labute approximate surface area is 122 Å². The summed E-state index contributed by atoms with van der Waals surface area (Å²) in [6, 6.07) is 0. The number of hydrogen-bond donors (Lipinski definition) is 0. The molecule has 114 valence electrons. The van der Waals surface area contributed by atoms with Gasteiger partial charge in [-0.05, 0) is 56.7 Å². The highest BCUT2D eigenvalue weighted by molar-refractivity contribution is 4.74. The van der Waals surface area contributed by atoms with Gasteiger partial charge in [-0.15, -0.1) is 0 Å². The Balaban J connectivity index is 1.91. The van der Waals surface area contributed by atoms with E-state index in [4.69, 9.17) is 0 Å². The summed E-state index contributed by atoms with van der Waals surface area (Å²) in [7, 11) is 0. The molecule has 1 saturated heterocycles. The van der Waals surface area contributed by atoms with Crippen LogP contribution in [0.15, 0.2) is 0 Å². The van der Waals surface area contributed by atoms with E-state index in [0.717, 1.165) is 17.8 Å². The first-order valence-electron chi connectivity index (χ1n) is 8.82. The molecular formula is C18H37N. The fourth-order valence-electron chi connectivity index (χ4n) is 3.26. The lowest BCUT2D eigenvalue weighted by Crippen LogP contribution is -2.35. The SMILES string of the molecule is CC(C)CCCCCCCN1CCC(C(C)C)CC1. The molecule has 0 saturated carbocycles. The minimum atomic E-state index is 0.891. The minimum Gasteiger partial charge on any atom is -0.303 e. The molecule has 0 spiro atoms. The molecule has 1 heterocycles. The maximum atomic E-state index is 2.70. The Bertz CT molecular complexity index is 202. The summed E-state index contributed by atoms with van der Waals surface area (Å²) in [4.78, 5) is 2.70. The first-order chi connectivity index (χ1) is 9.09. The molecule has 0 N–H and O–H groups in total. The largest absolute Gasteiger partial charge is 0.303 e. The molecule has 0 aromatic carbocycles. The molecule has 0 radical (unpaired) electrons. The normalized spacial score (nSPS) is 18.6. The van der Waals surface area contributed by atoms with E-state index in [1.54, 1.807) is 0 Å². The Kier molecular flexibility index (Phi) is 8.77. The van der Waals surface area contributed by atoms with Crippen LogP contribution in [0.25, 0.3) is 0 Å². The average Bonchev–Trinajstić information content (AvgIpc) is 2.38. The standard InChI is InChI=1S/C18H37N/c1-16(2)10-8-6-5-7-9-13-19-14-11-18(12-15-19)17(3)4/h16-18H,5-15H2,1-4H3. The van der Waals surface area contributed by atoms with E-state index in [1.807, 2.05) is 0 Å². The average molecular weight is 268 g/mol. The molecule has 0 unspecified atom stereocenters. The number of hydrogen-bond acceptors (Lipinski definition) is 1. The lowest BCUT2D eigenvalue weighted by Gasteiger charge is -2.33. The zero-order valence-electron chi connectivity index (χ0n) is 14.0. The van der Waals surface area contributed by atoms with Gasteiger partial charge in [0.25, 0.3) is 0 Å². The number of unbranched alkanes of at least 4 members (excludes halogenated alkanes) is 4. The molecule has 0 bridgehead atoms. The van der Waals surface area contributed by atoms with Crippen LogP contribution in [0.4, 0.5) is 0 Å². The van der Waals surface area contributed by atoms with Crippen LogP contribution in [0.5, 0.6) is 0 Å². The smallest absolute Gasteiger partial charge is 0.00160 e. The van der Waals surface area contributed by atoms with Gasteiger partial charge >= 0.3 is 0 Å². The number of likely N-dealkylation sites (tertiary alicyclic amines) is 1. The molecule has 0 amide bonds. The number of rotatable bonds is 9. The van der Waals surface area contributed by atoms with Gasteiger partial charge in [0.2, 0.25) is 0 Å². The van der Waals surface area contributed by atoms with E-state index in [-0.39, 0.29) is 0 Å². The third kappa shape index (κ3) is 7.97. The van der Waals surface area contributed by atoms with Gasteiger partial charge in [-0.3, -0.25) is 0 Å². The quantitative estimate of drug-likeness (QED) is 0.509. The third-order valence-electron chi connectivity index (χ3n) is 4.83. The lowest BCUT2D eigenvalue weighted by atomic mass is 9.87. The Morgan fingerprint density at radius 1 is 0.842 bits per heavy atom. The van der Waals surface area contributed by atoms with Crippen LogP contribution in [0.3, 0.4) is 0 Å². The van der Waals surface area contributed by atoms with Crippen LogP contribution in [-0.2, 0) is 0 Å². The fourth-order valence-corrected chi connectivity index (χ4v) is 3.26. The van der Waals surface area contributed by atoms with Crippen LogP contribution in [0.2, 0.25) is 0 Å².